The van der Waals surface area contributed by atoms with Crippen LogP contribution < -0.4 is 9.80 Å². The summed E-state index contributed by atoms with van der Waals surface area (Å²) in [6.45, 7) is 4.04. The number of hydrogen-bond acceptors (Lipinski definition) is 6. The average Bonchev–Trinajstić information content (AvgIpc) is 3.30. The number of aryl methyl sites for hydroxylation is 2. The quantitative estimate of drug-likeness (QED) is 0.155. The van der Waals surface area contributed by atoms with E-state index in [0.29, 0.717) is 79.3 Å². The molecular formula is C52H34F6N6. The highest BCUT2D eigenvalue weighted by atomic mass is 19.4. The van der Waals surface area contributed by atoms with Crippen LogP contribution in [0.3, 0.4) is 0 Å². The van der Waals surface area contributed by atoms with E-state index in [1.165, 1.54) is 24.3 Å². The van der Waals surface area contributed by atoms with Crippen LogP contribution in [0.4, 0.5) is 61.0 Å². The molecule has 0 bridgehead atoms. The molecule has 0 unspecified atom stereocenters. The summed E-state index contributed by atoms with van der Waals surface area (Å²) < 4.78 is 82.4. The molecule has 314 valence electrons. The van der Waals surface area contributed by atoms with Gasteiger partial charge in [-0.05, 0) is 96.8 Å². The largest absolute Gasteiger partial charge is 0.416 e. The van der Waals surface area contributed by atoms with E-state index in [1.54, 1.807) is 12.1 Å². The Morgan fingerprint density at radius 2 is 0.672 bits per heavy atom. The Morgan fingerprint density at radius 3 is 1.00 bits per heavy atom. The molecule has 64 heavy (non-hydrogen) atoms. The highest BCUT2D eigenvalue weighted by Crippen LogP contribution is 2.53. The molecule has 7 aromatic carbocycles. The van der Waals surface area contributed by atoms with Crippen LogP contribution >= 0.6 is 0 Å². The average molecular weight is 857 g/mol. The number of para-hydroxylation sites is 2. The van der Waals surface area contributed by atoms with Gasteiger partial charge in [0.25, 0.3) is 0 Å². The summed E-state index contributed by atoms with van der Waals surface area (Å²) >= 11 is 0. The smallest absolute Gasteiger partial charge is 0.273 e. The number of rotatable bonds is 6. The Bertz CT molecular complexity index is 2960. The molecule has 2 aromatic heterocycles. The van der Waals surface area contributed by atoms with Gasteiger partial charge in [-0.15, -0.1) is 0 Å². The second-order valence-electron chi connectivity index (χ2n) is 15.5. The maximum Gasteiger partial charge on any atom is 0.416 e. The topological polar surface area (TPSA) is 58.0 Å². The van der Waals surface area contributed by atoms with E-state index in [9.17, 15) is 26.3 Å². The summed E-state index contributed by atoms with van der Waals surface area (Å²) in [4.78, 5) is 25.4. The van der Waals surface area contributed by atoms with E-state index in [2.05, 4.69) is 0 Å². The van der Waals surface area contributed by atoms with Gasteiger partial charge in [0.1, 0.15) is 0 Å². The third kappa shape index (κ3) is 7.36. The Kier molecular flexibility index (Phi) is 9.74. The predicted molar refractivity (Wildman–Crippen MR) is 239 cm³/mol. The lowest BCUT2D eigenvalue weighted by Gasteiger charge is -2.37. The summed E-state index contributed by atoms with van der Waals surface area (Å²) in [7, 11) is 0. The van der Waals surface area contributed by atoms with Crippen molar-refractivity contribution in [2.45, 2.75) is 26.2 Å². The first-order valence-electron chi connectivity index (χ1n) is 20.3. The van der Waals surface area contributed by atoms with Crippen LogP contribution in [0, 0.1) is 13.8 Å². The van der Waals surface area contributed by atoms with Crippen molar-refractivity contribution in [2.75, 3.05) is 9.80 Å². The second kappa shape index (κ2) is 15.5. The molecule has 0 saturated carbocycles. The number of alkyl halides is 6. The SMILES string of the molecule is Cc1ccc(-c2nc3c(nc2-c2ccc(C)cc2)N(c2ccccc2)c2nc4cc(-c5ccc(C(F)(F)F)cc5)c(-c5ccc(C(F)(F)F)cc5)cc4nc2N3c2ccccc2)cc1. The molecule has 0 saturated heterocycles. The zero-order valence-electron chi connectivity index (χ0n) is 34.1. The summed E-state index contributed by atoms with van der Waals surface area (Å²) in [5.41, 5.74) is 7.35. The number of anilines is 6. The number of halogens is 6. The van der Waals surface area contributed by atoms with E-state index in [1.807, 2.05) is 133 Å². The lowest BCUT2D eigenvalue weighted by molar-refractivity contribution is -0.138. The highest BCUT2D eigenvalue weighted by Gasteiger charge is 2.38. The predicted octanol–water partition coefficient (Wildman–Crippen LogP) is 15.0. The molecule has 0 aliphatic carbocycles. The van der Waals surface area contributed by atoms with Gasteiger partial charge in [0.15, 0.2) is 23.3 Å². The molecule has 0 amide bonds. The minimum atomic E-state index is -4.58. The molecule has 0 N–H and O–H groups in total. The van der Waals surface area contributed by atoms with Crippen molar-refractivity contribution >= 4 is 45.7 Å². The fourth-order valence-corrected chi connectivity index (χ4v) is 7.93. The Hall–Kier alpha value is -7.86. The summed E-state index contributed by atoms with van der Waals surface area (Å²) in [5, 5.41) is 0. The number of aromatic nitrogens is 4. The first-order valence-corrected chi connectivity index (χ1v) is 20.3. The van der Waals surface area contributed by atoms with Crippen molar-refractivity contribution < 1.29 is 26.3 Å². The van der Waals surface area contributed by atoms with E-state index in [-0.39, 0.29) is 0 Å². The van der Waals surface area contributed by atoms with Crippen LogP contribution in [-0.2, 0) is 12.4 Å². The van der Waals surface area contributed by atoms with Crippen LogP contribution in [0.2, 0.25) is 0 Å². The van der Waals surface area contributed by atoms with Gasteiger partial charge < -0.3 is 0 Å². The lowest BCUT2D eigenvalue weighted by atomic mass is 9.92. The van der Waals surface area contributed by atoms with Gasteiger partial charge >= 0.3 is 12.4 Å². The Labute approximate surface area is 363 Å². The van der Waals surface area contributed by atoms with Gasteiger partial charge in [0, 0.05) is 22.5 Å². The van der Waals surface area contributed by atoms with Crippen molar-refractivity contribution in [1.82, 2.24) is 19.9 Å². The molecule has 10 rings (SSSR count). The molecule has 0 fully saturated rings. The van der Waals surface area contributed by atoms with Crippen LogP contribution in [0.5, 0.6) is 0 Å². The van der Waals surface area contributed by atoms with E-state index < -0.39 is 23.5 Å². The van der Waals surface area contributed by atoms with Crippen molar-refractivity contribution in [3.05, 3.63) is 192 Å². The Morgan fingerprint density at radius 1 is 0.359 bits per heavy atom. The maximum atomic E-state index is 13.7. The summed E-state index contributed by atoms with van der Waals surface area (Å²) in [6.07, 6.45) is -9.15. The minimum absolute atomic E-state index is 0.379. The molecule has 1 aliphatic heterocycles. The van der Waals surface area contributed by atoms with Crippen molar-refractivity contribution in [3.63, 3.8) is 0 Å². The third-order valence-corrected chi connectivity index (χ3v) is 11.2. The van der Waals surface area contributed by atoms with Crippen LogP contribution in [0.25, 0.3) is 55.8 Å². The lowest BCUT2D eigenvalue weighted by Crippen LogP contribution is -2.28. The first-order chi connectivity index (χ1) is 30.8. The summed E-state index contributed by atoms with van der Waals surface area (Å²) in [5.74, 6) is 1.71. The molecule has 0 atom stereocenters. The third-order valence-electron chi connectivity index (χ3n) is 11.2. The van der Waals surface area contributed by atoms with Gasteiger partial charge in [-0.3, -0.25) is 9.80 Å². The van der Waals surface area contributed by atoms with Gasteiger partial charge in [-0.2, -0.15) is 26.3 Å². The number of hydrogen-bond donors (Lipinski definition) is 0. The van der Waals surface area contributed by atoms with Crippen LogP contribution in [0.1, 0.15) is 22.3 Å². The normalized spacial score (nSPS) is 12.6. The number of nitrogens with zero attached hydrogens (tertiary/aromatic N) is 6. The molecule has 9 aromatic rings. The molecule has 12 heteroatoms. The van der Waals surface area contributed by atoms with E-state index in [0.717, 1.165) is 46.5 Å². The molecule has 6 nitrogen and oxygen atoms in total. The minimum Gasteiger partial charge on any atom is -0.273 e. The standard InChI is InChI=1S/C52H34F6N6/c1-31-13-17-35(18-14-31)45-46(36-19-15-32(2)16-20-36)62-50-49(61-45)63(39-9-5-3-6-10-39)47-48(64(50)40-11-7-4-8-12-40)60-44-30-42(34-23-27-38(28-24-34)52(56,57)58)41(29-43(44)59-47)33-21-25-37(26-22-33)51(53,54)55/h3-30H,1-2H3. The van der Waals surface area contributed by atoms with Gasteiger partial charge in [0.2, 0.25) is 0 Å². The van der Waals surface area contributed by atoms with E-state index in [4.69, 9.17) is 19.9 Å². The van der Waals surface area contributed by atoms with Gasteiger partial charge in [0.05, 0.1) is 33.5 Å². The first kappa shape index (κ1) is 40.2. The Balaban J connectivity index is 1.27. The molecule has 0 radical (unpaired) electrons. The van der Waals surface area contributed by atoms with Crippen LogP contribution in [-0.4, -0.2) is 19.9 Å². The highest BCUT2D eigenvalue weighted by molar-refractivity contribution is 6.02. The summed E-state index contributed by atoms with van der Waals surface area (Å²) in [6, 6.07) is 48.1. The maximum absolute atomic E-state index is 13.7. The number of benzene rings is 7. The van der Waals surface area contributed by atoms with Gasteiger partial charge in [-0.1, -0.05) is 120 Å². The van der Waals surface area contributed by atoms with Gasteiger partial charge in [-0.25, -0.2) is 19.9 Å². The molecule has 1 aliphatic rings. The monoisotopic (exact) mass is 856 g/mol. The van der Waals surface area contributed by atoms with Crippen molar-refractivity contribution in [3.8, 4) is 44.8 Å². The molecular weight excluding hydrogens is 823 g/mol. The van der Waals surface area contributed by atoms with Crippen molar-refractivity contribution in [2.24, 2.45) is 0 Å². The molecule has 0 spiro atoms. The fraction of sp³-hybridized carbons (Fsp3) is 0.0769. The molecule has 3 heterocycles. The second-order valence-corrected chi connectivity index (χ2v) is 15.5. The number of fused-ring (bicyclic) bond motifs is 3. The van der Waals surface area contributed by atoms with Crippen molar-refractivity contribution in [1.29, 1.82) is 0 Å². The fourth-order valence-electron chi connectivity index (χ4n) is 7.93. The van der Waals surface area contributed by atoms with E-state index >= 15 is 0 Å². The zero-order chi connectivity index (χ0) is 44.3. The van der Waals surface area contributed by atoms with Crippen LogP contribution in [0.15, 0.2) is 170 Å². The zero-order valence-corrected chi connectivity index (χ0v) is 34.1.